The minimum atomic E-state index is -0.873. The van der Waals surface area contributed by atoms with Gasteiger partial charge in [-0.05, 0) is 51.3 Å². The zero-order valence-corrected chi connectivity index (χ0v) is 21.7. The monoisotopic (exact) mass is 578 g/mol. The summed E-state index contributed by atoms with van der Waals surface area (Å²) in [5.74, 6) is 0.131. The molecule has 1 aliphatic heterocycles. The van der Waals surface area contributed by atoms with Crippen LogP contribution < -0.4 is 10.1 Å². The highest BCUT2D eigenvalue weighted by molar-refractivity contribution is 9.10. The van der Waals surface area contributed by atoms with Crippen molar-refractivity contribution in [1.82, 2.24) is 20.2 Å². The second-order valence-electron chi connectivity index (χ2n) is 8.75. The molecule has 4 aromatic rings. The van der Waals surface area contributed by atoms with Crippen molar-refractivity contribution < 1.29 is 23.8 Å². The molecule has 1 fully saturated rings. The number of carbonyl (C=O) groups excluding carboxylic acids is 2. The van der Waals surface area contributed by atoms with Gasteiger partial charge in [0.05, 0.1) is 23.0 Å². The molecule has 1 saturated heterocycles. The number of H-pyrrole nitrogens is 1. The number of halogens is 2. The van der Waals surface area contributed by atoms with E-state index in [0.29, 0.717) is 39.3 Å². The molecule has 3 amide bonds. The molecule has 10 heteroatoms. The Labute approximate surface area is 226 Å². The Bertz CT molecular complexity index is 1450. The van der Waals surface area contributed by atoms with Crippen LogP contribution in [0.5, 0.6) is 5.75 Å². The fourth-order valence-corrected chi connectivity index (χ4v) is 4.65. The van der Waals surface area contributed by atoms with E-state index >= 15 is 0 Å². The van der Waals surface area contributed by atoms with Gasteiger partial charge in [-0.25, -0.2) is 14.2 Å². The molecule has 0 saturated carbocycles. The van der Waals surface area contributed by atoms with Crippen molar-refractivity contribution in [2.45, 2.75) is 18.5 Å². The lowest BCUT2D eigenvalue weighted by molar-refractivity contribution is -0.129. The molecule has 0 bridgehead atoms. The third-order valence-electron chi connectivity index (χ3n) is 6.27. The summed E-state index contributed by atoms with van der Waals surface area (Å²) in [6.07, 6.45) is 1.90. The second kappa shape index (κ2) is 11.2. The van der Waals surface area contributed by atoms with Crippen molar-refractivity contribution >= 4 is 27.9 Å². The van der Waals surface area contributed by atoms with Gasteiger partial charge >= 0.3 is 6.03 Å². The number of aromatic amines is 1. The van der Waals surface area contributed by atoms with Crippen LogP contribution >= 0.6 is 15.9 Å². The topological polar surface area (TPSA) is 108 Å². The Hall–Kier alpha value is -4.02. The Morgan fingerprint density at radius 3 is 2.55 bits per heavy atom. The van der Waals surface area contributed by atoms with E-state index < -0.39 is 29.8 Å². The summed E-state index contributed by atoms with van der Waals surface area (Å²) in [7, 11) is 0. The Morgan fingerprint density at radius 2 is 1.84 bits per heavy atom. The van der Waals surface area contributed by atoms with Crippen LogP contribution in [0.25, 0.3) is 11.3 Å². The standard InChI is InChI=1S/C28H24BrFN4O4/c29-21-11-8-19(15-22(21)30)23-16-31-26(32-23)24(14-17-4-2-1-3-5-17)34-27(36)25(33-28(34)37)18-6-9-20(10-7-18)38-13-12-35/h1-11,15-16,24-25,35H,12-14H2,(H,31,32)(H,33,37)/t24?,25-/m1/s1. The minimum absolute atomic E-state index is 0.109. The van der Waals surface area contributed by atoms with Gasteiger partial charge in [-0.2, -0.15) is 0 Å². The van der Waals surface area contributed by atoms with E-state index in [2.05, 4.69) is 31.2 Å². The number of aliphatic hydroxyl groups excluding tert-OH is 1. The first-order valence-electron chi connectivity index (χ1n) is 12.0. The number of urea groups is 1. The largest absolute Gasteiger partial charge is 0.491 e. The summed E-state index contributed by atoms with van der Waals surface area (Å²) in [4.78, 5) is 35.7. The lowest BCUT2D eigenvalue weighted by atomic mass is 10.0. The van der Waals surface area contributed by atoms with Gasteiger partial charge in [-0.3, -0.25) is 9.69 Å². The fourth-order valence-electron chi connectivity index (χ4n) is 4.40. The number of amides is 3. The maximum atomic E-state index is 14.2. The zero-order chi connectivity index (χ0) is 26.6. The number of benzene rings is 3. The van der Waals surface area contributed by atoms with Crippen molar-refractivity contribution in [2.75, 3.05) is 13.2 Å². The summed E-state index contributed by atoms with van der Waals surface area (Å²) in [5.41, 5.74) is 2.67. The fraction of sp³-hybridized carbons (Fsp3) is 0.179. The molecular weight excluding hydrogens is 555 g/mol. The van der Waals surface area contributed by atoms with Gasteiger partial charge in [0.15, 0.2) is 0 Å². The molecule has 1 aromatic heterocycles. The third kappa shape index (κ3) is 5.32. The maximum Gasteiger partial charge on any atom is 0.325 e. The number of imide groups is 1. The number of nitrogens with one attached hydrogen (secondary N) is 2. The van der Waals surface area contributed by atoms with Crippen molar-refractivity contribution in [1.29, 1.82) is 0 Å². The molecule has 194 valence electrons. The number of carbonyl (C=O) groups is 2. The summed E-state index contributed by atoms with van der Waals surface area (Å²) in [5, 5.41) is 11.7. The Balaban J connectivity index is 1.45. The van der Waals surface area contributed by atoms with Gasteiger partial charge in [0.1, 0.15) is 36.1 Å². The maximum absolute atomic E-state index is 14.2. The van der Waals surface area contributed by atoms with Crippen molar-refractivity contribution in [3.8, 4) is 17.0 Å². The van der Waals surface area contributed by atoms with Crippen LogP contribution in [0.3, 0.4) is 0 Å². The summed E-state index contributed by atoms with van der Waals surface area (Å²) >= 11 is 3.16. The zero-order valence-electron chi connectivity index (χ0n) is 20.1. The van der Waals surface area contributed by atoms with E-state index in [9.17, 15) is 14.0 Å². The quantitative estimate of drug-likeness (QED) is 0.244. The average molecular weight is 579 g/mol. The lowest BCUT2D eigenvalue weighted by Crippen LogP contribution is -2.36. The average Bonchev–Trinajstić information content (AvgIpc) is 3.53. The van der Waals surface area contributed by atoms with Gasteiger partial charge in [0, 0.05) is 12.0 Å². The number of aromatic nitrogens is 2. The lowest BCUT2D eigenvalue weighted by Gasteiger charge is -2.24. The van der Waals surface area contributed by atoms with Crippen LogP contribution in [-0.4, -0.2) is 45.1 Å². The first kappa shape index (κ1) is 25.6. The second-order valence-corrected chi connectivity index (χ2v) is 9.60. The number of hydrogen-bond donors (Lipinski definition) is 3. The molecule has 3 aromatic carbocycles. The first-order chi connectivity index (χ1) is 18.4. The first-order valence-corrected chi connectivity index (χ1v) is 12.8. The number of aliphatic hydroxyl groups is 1. The number of nitrogens with zero attached hydrogens (tertiary/aromatic N) is 2. The summed E-state index contributed by atoms with van der Waals surface area (Å²) < 4.78 is 19.9. The molecule has 1 aliphatic rings. The van der Waals surface area contributed by atoms with Crippen LogP contribution in [-0.2, 0) is 11.2 Å². The predicted octanol–water partition coefficient (Wildman–Crippen LogP) is 4.93. The molecule has 0 radical (unpaired) electrons. The van der Waals surface area contributed by atoms with E-state index in [0.717, 1.165) is 5.56 Å². The third-order valence-corrected chi connectivity index (χ3v) is 6.91. The number of ether oxygens (including phenoxy) is 1. The van der Waals surface area contributed by atoms with E-state index in [1.54, 1.807) is 42.6 Å². The molecule has 8 nitrogen and oxygen atoms in total. The highest BCUT2D eigenvalue weighted by atomic mass is 79.9. The van der Waals surface area contributed by atoms with Crippen molar-refractivity contribution in [3.63, 3.8) is 0 Å². The summed E-state index contributed by atoms with van der Waals surface area (Å²) in [6, 6.07) is 18.9. The number of rotatable bonds is 9. The molecule has 2 atom stereocenters. The molecule has 1 unspecified atom stereocenters. The van der Waals surface area contributed by atoms with E-state index in [-0.39, 0.29) is 13.2 Å². The molecule has 2 heterocycles. The molecular formula is C28H24BrFN4O4. The van der Waals surface area contributed by atoms with Crippen LogP contribution in [0.15, 0.2) is 83.5 Å². The van der Waals surface area contributed by atoms with E-state index in [4.69, 9.17) is 9.84 Å². The molecule has 0 aliphatic carbocycles. The van der Waals surface area contributed by atoms with Crippen LogP contribution in [0, 0.1) is 5.82 Å². The Kier molecular flexibility index (Phi) is 7.52. The SMILES string of the molecule is O=C1N[C@H](c2ccc(OCCO)cc2)C(=O)N1C(Cc1ccccc1)c1ncc(-c2ccc(Br)c(F)c2)[nH]1. The van der Waals surface area contributed by atoms with E-state index in [1.807, 2.05) is 30.3 Å². The minimum Gasteiger partial charge on any atom is -0.491 e. The molecule has 0 spiro atoms. The van der Waals surface area contributed by atoms with Gasteiger partial charge in [0.25, 0.3) is 5.91 Å². The normalized spacial score (nSPS) is 16.0. The molecule has 38 heavy (non-hydrogen) atoms. The van der Waals surface area contributed by atoms with Gasteiger partial charge in [-0.1, -0.05) is 48.5 Å². The van der Waals surface area contributed by atoms with Gasteiger partial charge in [-0.15, -0.1) is 0 Å². The summed E-state index contributed by atoms with van der Waals surface area (Å²) in [6.45, 7) is 0.0490. The van der Waals surface area contributed by atoms with Crippen molar-refractivity contribution in [3.05, 3.63) is 106 Å². The number of imidazole rings is 1. The molecule has 3 N–H and O–H groups in total. The molecule has 5 rings (SSSR count). The van der Waals surface area contributed by atoms with Crippen LogP contribution in [0.4, 0.5) is 9.18 Å². The van der Waals surface area contributed by atoms with Crippen LogP contribution in [0.1, 0.15) is 29.0 Å². The predicted molar refractivity (Wildman–Crippen MR) is 142 cm³/mol. The highest BCUT2D eigenvalue weighted by Gasteiger charge is 2.44. The smallest absolute Gasteiger partial charge is 0.325 e. The van der Waals surface area contributed by atoms with Gasteiger partial charge in [0.2, 0.25) is 0 Å². The Morgan fingerprint density at radius 1 is 1.08 bits per heavy atom. The highest BCUT2D eigenvalue weighted by Crippen LogP contribution is 2.33. The van der Waals surface area contributed by atoms with Crippen LogP contribution in [0.2, 0.25) is 0 Å². The van der Waals surface area contributed by atoms with Gasteiger partial charge < -0.3 is 20.1 Å². The van der Waals surface area contributed by atoms with E-state index in [1.165, 1.54) is 11.0 Å². The van der Waals surface area contributed by atoms with Crippen molar-refractivity contribution in [2.24, 2.45) is 0 Å². The number of hydrogen-bond acceptors (Lipinski definition) is 5.